The lowest BCUT2D eigenvalue weighted by Crippen LogP contribution is -2.22. The van der Waals surface area contributed by atoms with Crippen molar-refractivity contribution in [2.45, 2.75) is 12.5 Å². The summed E-state index contributed by atoms with van der Waals surface area (Å²) in [5, 5.41) is 7.69. The topological polar surface area (TPSA) is 106 Å². The third-order valence-corrected chi connectivity index (χ3v) is 4.82. The van der Waals surface area contributed by atoms with Gasteiger partial charge in [0.25, 0.3) is 0 Å². The fraction of sp³-hybridized carbons (Fsp3) is 0.300. The molecule has 0 amide bonds. The van der Waals surface area contributed by atoms with Crippen LogP contribution in [0.1, 0.15) is 12.0 Å². The number of nitrogens with one attached hydrogen (secondary N) is 1. The van der Waals surface area contributed by atoms with E-state index in [4.69, 9.17) is 10.5 Å². The number of fused-ring (bicyclic) bond motifs is 1. The number of likely N-dealkylation sites (N-methyl/N-ethyl adjacent to an activating group) is 1. The smallest absolute Gasteiger partial charge is 0.160 e. The number of rotatable bonds is 6. The van der Waals surface area contributed by atoms with Crippen LogP contribution in [0.25, 0.3) is 5.52 Å². The zero-order chi connectivity index (χ0) is 20.2. The van der Waals surface area contributed by atoms with Gasteiger partial charge in [0, 0.05) is 50.4 Å². The number of likely N-dealkylation sites (tertiary alicyclic amines) is 1. The van der Waals surface area contributed by atoms with Crippen molar-refractivity contribution in [1.29, 1.82) is 0 Å². The van der Waals surface area contributed by atoms with E-state index in [0.29, 0.717) is 17.4 Å². The van der Waals surface area contributed by atoms with Gasteiger partial charge in [-0.2, -0.15) is 5.10 Å². The number of aliphatic imine (C=N–C) groups is 1. The molecule has 0 aliphatic carbocycles. The minimum atomic E-state index is 0.119. The Balaban J connectivity index is 1.57. The summed E-state index contributed by atoms with van der Waals surface area (Å²) in [6.45, 7) is 1.90. The zero-order valence-electron chi connectivity index (χ0n) is 16.5. The summed E-state index contributed by atoms with van der Waals surface area (Å²) >= 11 is 0. The third-order valence-electron chi connectivity index (χ3n) is 4.82. The molecule has 3 aromatic rings. The number of hydrogen-bond acceptors (Lipinski definition) is 8. The zero-order valence-corrected chi connectivity index (χ0v) is 16.5. The number of ether oxygens (including phenoxy) is 1. The van der Waals surface area contributed by atoms with Gasteiger partial charge in [0.2, 0.25) is 0 Å². The molecule has 4 heterocycles. The summed E-state index contributed by atoms with van der Waals surface area (Å²) in [5.41, 5.74) is 8.43. The summed E-state index contributed by atoms with van der Waals surface area (Å²) in [6, 6.07) is 7.68. The summed E-state index contributed by atoms with van der Waals surface area (Å²) < 4.78 is 7.94. The van der Waals surface area contributed by atoms with Crippen molar-refractivity contribution in [2.24, 2.45) is 10.7 Å². The molecule has 3 aromatic heterocycles. The molecule has 29 heavy (non-hydrogen) atoms. The van der Waals surface area contributed by atoms with Crippen LogP contribution >= 0.6 is 0 Å². The SMILES string of the molecule is CN=C(/C(=C\N)O[C@H]1CCN(C)C1)c1ccn2nc(Nc3ccncn3)cc2c1. The van der Waals surface area contributed by atoms with Crippen LogP contribution in [0.5, 0.6) is 0 Å². The Morgan fingerprint density at radius 2 is 2.24 bits per heavy atom. The van der Waals surface area contributed by atoms with Gasteiger partial charge >= 0.3 is 0 Å². The molecule has 0 saturated carbocycles. The molecule has 0 bridgehead atoms. The van der Waals surface area contributed by atoms with Gasteiger partial charge in [0.15, 0.2) is 11.6 Å². The quantitative estimate of drug-likeness (QED) is 0.487. The fourth-order valence-electron chi connectivity index (χ4n) is 3.42. The van der Waals surface area contributed by atoms with E-state index in [-0.39, 0.29) is 6.10 Å². The number of pyridine rings is 1. The van der Waals surface area contributed by atoms with Crippen molar-refractivity contribution in [3.63, 3.8) is 0 Å². The molecule has 9 nitrogen and oxygen atoms in total. The van der Waals surface area contributed by atoms with Crippen LogP contribution in [0, 0.1) is 0 Å². The van der Waals surface area contributed by atoms with Crippen LogP contribution in [0.2, 0.25) is 0 Å². The summed E-state index contributed by atoms with van der Waals surface area (Å²) in [6.07, 6.45) is 7.64. The Morgan fingerprint density at radius 3 is 2.93 bits per heavy atom. The highest BCUT2D eigenvalue weighted by atomic mass is 16.5. The molecular formula is C20H24N8O. The van der Waals surface area contributed by atoms with Crippen LogP contribution in [-0.4, -0.2) is 63.5 Å². The molecule has 0 unspecified atom stereocenters. The lowest BCUT2D eigenvalue weighted by Gasteiger charge is -2.18. The minimum Gasteiger partial charge on any atom is -0.485 e. The van der Waals surface area contributed by atoms with Crippen LogP contribution in [0.15, 0.2) is 59.9 Å². The van der Waals surface area contributed by atoms with Crippen molar-refractivity contribution in [2.75, 3.05) is 32.5 Å². The fourth-order valence-corrected chi connectivity index (χ4v) is 3.42. The lowest BCUT2D eigenvalue weighted by molar-refractivity contribution is 0.137. The third kappa shape index (κ3) is 4.19. The van der Waals surface area contributed by atoms with Gasteiger partial charge in [-0.15, -0.1) is 0 Å². The maximum atomic E-state index is 6.15. The predicted octanol–water partition coefficient (Wildman–Crippen LogP) is 1.81. The van der Waals surface area contributed by atoms with Gasteiger partial charge in [-0.25, -0.2) is 14.5 Å². The molecule has 0 aromatic carbocycles. The maximum Gasteiger partial charge on any atom is 0.160 e. The highest BCUT2D eigenvalue weighted by Gasteiger charge is 2.23. The van der Waals surface area contributed by atoms with Crippen LogP contribution < -0.4 is 11.1 Å². The van der Waals surface area contributed by atoms with Crippen molar-refractivity contribution in [3.05, 3.63) is 60.5 Å². The van der Waals surface area contributed by atoms with Crippen LogP contribution in [0.3, 0.4) is 0 Å². The predicted molar refractivity (Wildman–Crippen MR) is 112 cm³/mol. The van der Waals surface area contributed by atoms with E-state index in [1.807, 2.05) is 24.4 Å². The highest BCUT2D eigenvalue weighted by molar-refractivity contribution is 6.11. The Hall–Kier alpha value is -3.46. The number of anilines is 2. The number of nitrogens with two attached hydrogens (primary N) is 1. The molecule has 3 N–H and O–H groups in total. The average Bonchev–Trinajstić information content (AvgIpc) is 3.33. The Bertz CT molecular complexity index is 1040. The first-order valence-corrected chi connectivity index (χ1v) is 9.43. The summed E-state index contributed by atoms with van der Waals surface area (Å²) in [4.78, 5) is 14.8. The van der Waals surface area contributed by atoms with E-state index in [1.54, 1.807) is 23.8 Å². The van der Waals surface area contributed by atoms with E-state index in [2.05, 4.69) is 37.3 Å². The van der Waals surface area contributed by atoms with Gasteiger partial charge in [-0.3, -0.25) is 4.99 Å². The van der Waals surface area contributed by atoms with Gasteiger partial charge in [0.05, 0.1) is 5.52 Å². The number of allylic oxidation sites excluding steroid dienone is 1. The highest BCUT2D eigenvalue weighted by Crippen LogP contribution is 2.21. The second-order valence-electron chi connectivity index (χ2n) is 6.93. The Morgan fingerprint density at radius 1 is 1.34 bits per heavy atom. The summed E-state index contributed by atoms with van der Waals surface area (Å²) in [7, 11) is 3.83. The summed E-state index contributed by atoms with van der Waals surface area (Å²) in [5.74, 6) is 1.97. The van der Waals surface area contributed by atoms with Gasteiger partial charge in [-0.1, -0.05) is 0 Å². The van der Waals surface area contributed by atoms with Crippen LogP contribution in [-0.2, 0) is 4.74 Å². The number of nitrogens with zero attached hydrogens (tertiary/aromatic N) is 6. The molecule has 1 saturated heterocycles. The second-order valence-corrected chi connectivity index (χ2v) is 6.93. The average molecular weight is 392 g/mol. The van der Waals surface area contributed by atoms with Crippen molar-refractivity contribution in [3.8, 4) is 0 Å². The largest absolute Gasteiger partial charge is 0.485 e. The first-order valence-electron chi connectivity index (χ1n) is 9.43. The molecule has 1 aliphatic heterocycles. The normalized spacial score (nSPS) is 18.3. The first-order chi connectivity index (χ1) is 14.2. The second kappa shape index (κ2) is 8.27. The molecule has 150 valence electrons. The molecule has 0 spiro atoms. The number of aromatic nitrogens is 4. The molecular weight excluding hydrogens is 368 g/mol. The van der Waals surface area contributed by atoms with Crippen molar-refractivity contribution >= 4 is 22.9 Å². The maximum absolute atomic E-state index is 6.15. The molecule has 1 aliphatic rings. The van der Waals surface area contributed by atoms with E-state index < -0.39 is 0 Å². The lowest BCUT2D eigenvalue weighted by atomic mass is 10.1. The Kier molecular flexibility index (Phi) is 5.39. The molecule has 4 rings (SSSR count). The molecule has 9 heteroatoms. The van der Waals surface area contributed by atoms with Crippen LogP contribution in [0.4, 0.5) is 11.6 Å². The van der Waals surface area contributed by atoms with E-state index in [1.165, 1.54) is 12.5 Å². The van der Waals surface area contributed by atoms with Gasteiger partial charge in [-0.05, 0) is 31.7 Å². The van der Waals surface area contributed by atoms with Gasteiger partial charge in [0.1, 0.15) is 24.0 Å². The van der Waals surface area contributed by atoms with Gasteiger partial charge < -0.3 is 20.7 Å². The first kappa shape index (κ1) is 18.9. The Labute approximate surface area is 168 Å². The number of hydrogen-bond donors (Lipinski definition) is 2. The van der Waals surface area contributed by atoms with E-state index >= 15 is 0 Å². The van der Waals surface area contributed by atoms with E-state index in [0.717, 1.165) is 36.3 Å². The van der Waals surface area contributed by atoms with E-state index in [9.17, 15) is 0 Å². The monoisotopic (exact) mass is 392 g/mol. The standard InChI is InChI=1S/C20H24N8O/c1-22-20(17(11-21)29-16-5-7-27(2)12-16)14-4-8-28-15(9-14)10-19(26-28)25-18-3-6-23-13-24-18/h3-4,6,8-11,13,16H,5,7,12,21H2,1-2H3,(H,23,24,25,26)/b17-11+,22-20?/t16-/m0/s1. The molecule has 0 radical (unpaired) electrons. The van der Waals surface area contributed by atoms with Crippen molar-refractivity contribution < 1.29 is 4.74 Å². The molecule has 1 atom stereocenters. The molecule has 1 fully saturated rings. The minimum absolute atomic E-state index is 0.119. The van der Waals surface area contributed by atoms with Crippen molar-refractivity contribution in [1.82, 2.24) is 24.5 Å².